The van der Waals surface area contributed by atoms with E-state index in [0.717, 1.165) is 11.4 Å². The Labute approximate surface area is 213 Å². The van der Waals surface area contributed by atoms with Crippen molar-refractivity contribution in [3.63, 3.8) is 0 Å². The zero-order valence-corrected chi connectivity index (χ0v) is 20.1. The lowest BCUT2D eigenvalue weighted by Crippen LogP contribution is -2.38. The van der Waals surface area contributed by atoms with Gasteiger partial charge in [0, 0.05) is 28.9 Å². The fourth-order valence-corrected chi connectivity index (χ4v) is 5.10. The van der Waals surface area contributed by atoms with E-state index in [-0.39, 0.29) is 18.0 Å². The molecule has 0 unspecified atom stereocenters. The molecule has 10 heteroatoms. The first-order valence-electron chi connectivity index (χ1n) is 11.8. The van der Waals surface area contributed by atoms with Crippen LogP contribution in [0.3, 0.4) is 0 Å². The molecule has 37 heavy (non-hydrogen) atoms. The Kier molecular flexibility index (Phi) is 6.19. The van der Waals surface area contributed by atoms with E-state index in [9.17, 15) is 20.2 Å². The molecule has 10 nitrogen and oxygen atoms in total. The first-order chi connectivity index (χ1) is 17.9. The molecular weight excluding hydrogens is 472 g/mol. The van der Waals surface area contributed by atoms with Crippen molar-refractivity contribution in [2.45, 2.75) is 31.7 Å². The molecule has 2 heterocycles. The monoisotopic (exact) mass is 496 g/mol. The van der Waals surface area contributed by atoms with Gasteiger partial charge in [0.1, 0.15) is 24.0 Å². The summed E-state index contributed by atoms with van der Waals surface area (Å²) in [5.41, 5.74) is 10.4. The molecule has 0 bridgehead atoms. The molecule has 1 aliphatic heterocycles. The van der Waals surface area contributed by atoms with Gasteiger partial charge in [-0.2, -0.15) is 10.4 Å². The highest BCUT2D eigenvalue weighted by molar-refractivity contribution is 6.01. The van der Waals surface area contributed by atoms with Crippen LogP contribution in [0.5, 0.6) is 5.75 Å². The predicted octanol–water partition coefficient (Wildman–Crippen LogP) is 4.15. The minimum absolute atomic E-state index is 0.00694. The fraction of sp³-hybridized carbons (Fsp3) is 0.222. The van der Waals surface area contributed by atoms with Gasteiger partial charge in [0.15, 0.2) is 5.78 Å². The highest BCUT2D eigenvalue weighted by Gasteiger charge is 2.40. The van der Waals surface area contributed by atoms with Crippen LogP contribution in [-0.4, -0.2) is 27.6 Å². The molecule has 5 rings (SSSR count). The van der Waals surface area contributed by atoms with Crippen molar-refractivity contribution < 1.29 is 14.5 Å². The number of hydrogen-bond donors (Lipinski definition) is 1. The molecule has 2 aromatic carbocycles. The van der Waals surface area contributed by atoms with E-state index in [4.69, 9.17) is 10.5 Å². The van der Waals surface area contributed by atoms with Crippen LogP contribution in [0.15, 0.2) is 83.6 Å². The molecule has 2 N–H and O–H groups in total. The lowest BCUT2D eigenvalue weighted by Gasteiger charge is -2.39. The van der Waals surface area contributed by atoms with Gasteiger partial charge in [-0.3, -0.25) is 24.5 Å². The van der Waals surface area contributed by atoms with Crippen molar-refractivity contribution in [1.29, 1.82) is 5.26 Å². The second-order valence-electron chi connectivity index (χ2n) is 8.88. The number of para-hydroxylation sites is 1. The molecule has 186 valence electrons. The average molecular weight is 497 g/mol. The molecular formula is C27H24N6O4. The maximum atomic E-state index is 13.4. The average Bonchev–Trinajstić information content (AvgIpc) is 3.37. The molecule has 1 aliphatic carbocycles. The normalized spacial score (nSPS) is 17.5. The number of nitro groups is 1. The number of benzene rings is 2. The number of ether oxygens (including phenoxy) is 1. The largest absolute Gasteiger partial charge is 0.496 e. The maximum absolute atomic E-state index is 13.4. The van der Waals surface area contributed by atoms with Crippen LogP contribution >= 0.6 is 0 Å². The Morgan fingerprint density at radius 2 is 2.03 bits per heavy atom. The second-order valence-corrected chi connectivity index (χ2v) is 8.88. The van der Waals surface area contributed by atoms with E-state index in [1.807, 2.05) is 47.4 Å². The fourth-order valence-electron chi connectivity index (χ4n) is 5.10. The zero-order valence-electron chi connectivity index (χ0n) is 20.1. The van der Waals surface area contributed by atoms with Crippen molar-refractivity contribution >= 4 is 17.2 Å². The van der Waals surface area contributed by atoms with Gasteiger partial charge in [0.2, 0.25) is 0 Å². The number of rotatable bonds is 6. The lowest BCUT2D eigenvalue weighted by atomic mass is 9.75. The van der Waals surface area contributed by atoms with Crippen molar-refractivity contribution in [3.8, 4) is 11.8 Å². The molecule has 0 spiro atoms. The number of nitriles is 1. The van der Waals surface area contributed by atoms with Gasteiger partial charge in [0.05, 0.1) is 36.1 Å². The first-order valence-corrected chi connectivity index (χ1v) is 11.8. The van der Waals surface area contributed by atoms with E-state index in [2.05, 4.69) is 11.2 Å². The molecule has 0 fully saturated rings. The van der Waals surface area contributed by atoms with Crippen LogP contribution in [0.4, 0.5) is 11.4 Å². The number of anilines is 1. The van der Waals surface area contributed by atoms with Crippen LogP contribution in [0.1, 0.15) is 36.3 Å². The van der Waals surface area contributed by atoms with E-state index in [1.165, 1.54) is 24.2 Å². The number of Topliss-reactive ketones (excluding diaryl/α,β-unsaturated/α-hetero) is 1. The number of carbonyl (C=O) groups is 1. The third-order valence-electron chi connectivity index (χ3n) is 6.73. The summed E-state index contributed by atoms with van der Waals surface area (Å²) in [5.74, 6) is 0.215. The molecule has 0 saturated heterocycles. The van der Waals surface area contributed by atoms with Crippen LogP contribution in [0, 0.1) is 21.4 Å². The predicted molar refractivity (Wildman–Crippen MR) is 135 cm³/mol. The third-order valence-corrected chi connectivity index (χ3v) is 6.73. The summed E-state index contributed by atoms with van der Waals surface area (Å²) in [6.45, 7) is 0.203. The summed E-state index contributed by atoms with van der Waals surface area (Å²) in [6.07, 6.45) is 4.29. The summed E-state index contributed by atoms with van der Waals surface area (Å²) >= 11 is 0. The van der Waals surface area contributed by atoms with Crippen molar-refractivity contribution in [2.24, 2.45) is 5.73 Å². The Morgan fingerprint density at radius 3 is 2.70 bits per heavy atom. The first kappa shape index (κ1) is 23.8. The van der Waals surface area contributed by atoms with Gasteiger partial charge in [-0.25, -0.2) is 0 Å². The smallest absolute Gasteiger partial charge is 0.307 e. The van der Waals surface area contributed by atoms with E-state index in [0.29, 0.717) is 53.1 Å². The van der Waals surface area contributed by atoms with Crippen LogP contribution in [-0.2, 0) is 11.3 Å². The van der Waals surface area contributed by atoms with Crippen LogP contribution < -0.4 is 15.4 Å². The summed E-state index contributed by atoms with van der Waals surface area (Å²) in [7, 11) is 1.53. The van der Waals surface area contributed by atoms with Gasteiger partial charge in [-0.1, -0.05) is 24.3 Å². The quantitative estimate of drug-likeness (QED) is 0.396. The number of allylic oxidation sites excluding steroid dienone is 3. The van der Waals surface area contributed by atoms with E-state index in [1.54, 1.807) is 6.07 Å². The number of methoxy groups -OCH3 is 1. The molecule has 1 atom stereocenters. The SMILES string of the molecule is COc1ccc([C@@H]2C(C#N)=C(N)N(c3ccccc3)C3=C2C(=O)CCC3)cc1Cn1cc([N+](=O)[O-])cn1. The summed E-state index contributed by atoms with van der Waals surface area (Å²) in [4.78, 5) is 25.8. The van der Waals surface area contributed by atoms with E-state index < -0.39 is 10.8 Å². The summed E-state index contributed by atoms with van der Waals surface area (Å²) < 4.78 is 6.98. The van der Waals surface area contributed by atoms with E-state index >= 15 is 0 Å². The molecule has 3 aromatic rings. The molecule has 0 radical (unpaired) electrons. The van der Waals surface area contributed by atoms with Crippen molar-refractivity contribution in [1.82, 2.24) is 9.78 Å². The Hall–Kier alpha value is -4.91. The number of carbonyl (C=O) groups excluding carboxylic acids is 1. The maximum Gasteiger partial charge on any atom is 0.307 e. The topological polar surface area (TPSA) is 140 Å². The van der Waals surface area contributed by atoms with Crippen LogP contribution in [0.25, 0.3) is 0 Å². The number of ketones is 1. The molecule has 2 aliphatic rings. The second kappa shape index (κ2) is 9.62. The van der Waals surface area contributed by atoms with Gasteiger partial charge < -0.3 is 10.5 Å². The minimum Gasteiger partial charge on any atom is -0.496 e. The minimum atomic E-state index is -0.635. The Morgan fingerprint density at radius 1 is 1.24 bits per heavy atom. The highest BCUT2D eigenvalue weighted by atomic mass is 16.6. The molecule has 1 aromatic heterocycles. The highest BCUT2D eigenvalue weighted by Crippen LogP contribution is 2.46. The van der Waals surface area contributed by atoms with Crippen molar-refractivity contribution in [3.05, 3.63) is 105 Å². The summed E-state index contributed by atoms with van der Waals surface area (Å²) in [5, 5.41) is 25.4. The number of aromatic nitrogens is 2. The number of hydrogen-bond acceptors (Lipinski definition) is 8. The number of nitrogens with two attached hydrogens (primary N) is 1. The van der Waals surface area contributed by atoms with Gasteiger partial charge in [0.25, 0.3) is 0 Å². The van der Waals surface area contributed by atoms with Gasteiger partial charge >= 0.3 is 5.69 Å². The van der Waals surface area contributed by atoms with Crippen LogP contribution in [0.2, 0.25) is 0 Å². The molecule has 0 saturated carbocycles. The molecule has 0 amide bonds. The number of nitrogens with zero attached hydrogens (tertiary/aromatic N) is 5. The summed E-state index contributed by atoms with van der Waals surface area (Å²) in [6, 6.07) is 17.2. The zero-order chi connectivity index (χ0) is 26.1. The standard InChI is InChI=1S/C27H24N6O4/c1-37-24-11-10-17(12-18(24)15-31-16-20(14-30-31)33(35)36)25-21(13-28)27(29)32(19-6-3-2-4-7-19)22-8-5-9-23(34)26(22)25/h2-4,6-7,10-12,14,16,25H,5,8-9,15,29H2,1H3/t25-/m1/s1. The lowest BCUT2D eigenvalue weighted by molar-refractivity contribution is -0.385. The third kappa shape index (κ3) is 4.21. The Balaban J connectivity index is 1.64. The van der Waals surface area contributed by atoms with Gasteiger partial charge in [-0.05, 0) is 42.7 Å². The van der Waals surface area contributed by atoms with Gasteiger partial charge in [-0.15, -0.1) is 0 Å². The van der Waals surface area contributed by atoms with Crippen molar-refractivity contribution in [2.75, 3.05) is 12.0 Å². The Bertz CT molecular complexity index is 1500.